The lowest BCUT2D eigenvalue weighted by atomic mass is 10.2. The monoisotopic (exact) mass is 394 g/mol. The van der Waals surface area contributed by atoms with Gasteiger partial charge in [-0.15, -0.1) is 0 Å². The third-order valence-corrected chi connectivity index (χ3v) is 4.47. The minimum absolute atomic E-state index is 0.0442. The van der Waals surface area contributed by atoms with Crippen LogP contribution in [0.1, 0.15) is 11.1 Å². The molecule has 0 saturated carbocycles. The molecule has 0 aliphatic rings. The van der Waals surface area contributed by atoms with Crippen LogP contribution < -0.4 is 10.5 Å². The Balaban J connectivity index is 1.90. The first-order valence-electron chi connectivity index (χ1n) is 6.68. The lowest BCUT2D eigenvalue weighted by Gasteiger charge is -2.04. The number of halogens is 1. The van der Waals surface area contributed by atoms with E-state index >= 15 is 0 Å². The predicted octanol–water partition coefficient (Wildman–Crippen LogP) is 2.43. The number of hydrogen-bond acceptors (Lipinski definition) is 3. The van der Waals surface area contributed by atoms with Crippen LogP contribution in [0.25, 0.3) is 6.08 Å². The lowest BCUT2D eigenvalue weighted by molar-refractivity contribution is -0.116. The van der Waals surface area contributed by atoms with Crippen LogP contribution in [0.15, 0.2) is 64.0 Å². The second-order valence-electron chi connectivity index (χ2n) is 4.79. The third-order valence-electron chi connectivity index (χ3n) is 3.02. The van der Waals surface area contributed by atoms with E-state index in [1.54, 1.807) is 18.2 Å². The fraction of sp³-hybridized carbons (Fsp3) is 0.0625. The molecule has 0 heterocycles. The van der Waals surface area contributed by atoms with Gasteiger partial charge in [0.05, 0.1) is 4.90 Å². The van der Waals surface area contributed by atoms with Gasteiger partial charge in [-0.25, -0.2) is 13.6 Å². The fourth-order valence-electron chi connectivity index (χ4n) is 1.79. The van der Waals surface area contributed by atoms with Crippen molar-refractivity contribution in [1.82, 2.24) is 5.32 Å². The summed E-state index contributed by atoms with van der Waals surface area (Å²) < 4.78 is 23.3. The first-order valence-corrected chi connectivity index (χ1v) is 9.02. The van der Waals surface area contributed by atoms with E-state index in [1.165, 1.54) is 18.2 Å². The fourth-order valence-corrected chi connectivity index (χ4v) is 2.57. The maximum atomic E-state index is 11.8. The molecule has 0 radical (unpaired) electrons. The van der Waals surface area contributed by atoms with Crippen molar-refractivity contribution in [3.05, 3.63) is 70.2 Å². The highest BCUT2D eigenvalue weighted by molar-refractivity contribution is 9.10. The Morgan fingerprint density at radius 3 is 2.26 bits per heavy atom. The molecular weight excluding hydrogens is 380 g/mol. The summed E-state index contributed by atoms with van der Waals surface area (Å²) in [5.41, 5.74) is 1.70. The second-order valence-corrected chi connectivity index (χ2v) is 7.27. The number of nitrogens with one attached hydrogen (secondary N) is 1. The van der Waals surface area contributed by atoms with E-state index < -0.39 is 10.0 Å². The molecule has 0 bridgehead atoms. The van der Waals surface area contributed by atoms with Crippen molar-refractivity contribution >= 4 is 37.9 Å². The van der Waals surface area contributed by atoms with Crippen molar-refractivity contribution < 1.29 is 13.2 Å². The van der Waals surface area contributed by atoms with E-state index in [4.69, 9.17) is 5.14 Å². The molecule has 0 fully saturated rings. The molecule has 120 valence electrons. The first-order chi connectivity index (χ1) is 10.8. The Morgan fingerprint density at radius 1 is 1.09 bits per heavy atom. The number of nitrogens with two attached hydrogens (primary N) is 1. The summed E-state index contributed by atoms with van der Waals surface area (Å²) in [5, 5.41) is 7.75. The zero-order valence-electron chi connectivity index (χ0n) is 12.1. The van der Waals surface area contributed by atoms with Crippen LogP contribution >= 0.6 is 15.9 Å². The molecule has 0 unspecified atom stereocenters. The average molecular weight is 395 g/mol. The summed E-state index contributed by atoms with van der Waals surface area (Å²) >= 11 is 3.34. The second kappa shape index (κ2) is 7.54. The highest BCUT2D eigenvalue weighted by Crippen LogP contribution is 2.11. The summed E-state index contributed by atoms with van der Waals surface area (Å²) in [6, 6.07) is 13.6. The third kappa shape index (κ3) is 5.63. The summed E-state index contributed by atoms with van der Waals surface area (Å²) in [5.74, 6) is -0.233. The van der Waals surface area contributed by atoms with Crippen LogP contribution in [0.3, 0.4) is 0 Å². The van der Waals surface area contributed by atoms with Crippen molar-refractivity contribution in [2.24, 2.45) is 5.14 Å². The molecule has 2 aromatic carbocycles. The normalized spacial score (nSPS) is 11.6. The van der Waals surface area contributed by atoms with E-state index in [-0.39, 0.29) is 10.8 Å². The van der Waals surface area contributed by atoms with Crippen LogP contribution in [0.4, 0.5) is 0 Å². The van der Waals surface area contributed by atoms with Crippen LogP contribution in [-0.2, 0) is 21.4 Å². The number of primary sulfonamides is 1. The molecule has 3 N–H and O–H groups in total. The molecule has 0 saturated heterocycles. The summed E-state index contributed by atoms with van der Waals surface area (Å²) in [4.78, 5) is 11.8. The van der Waals surface area contributed by atoms with Crippen molar-refractivity contribution in [1.29, 1.82) is 0 Å². The minimum atomic E-state index is -3.70. The van der Waals surface area contributed by atoms with Gasteiger partial charge in [0.25, 0.3) is 0 Å². The van der Waals surface area contributed by atoms with Crippen molar-refractivity contribution in [3.8, 4) is 0 Å². The number of carbonyl (C=O) groups is 1. The largest absolute Gasteiger partial charge is 0.348 e. The number of hydrogen-bond donors (Lipinski definition) is 2. The number of sulfonamides is 1. The molecule has 1 amide bonds. The Bertz CT molecular complexity index is 813. The van der Waals surface area contributed by atoms with Crippen LogP contribution in [0, 0.1) is 0 Å². The van der Waals surface area contributed by atoms with Crippen molar-refractivity contribution in [2.45, 2.75) is 11.4 Å². The van der Waals surface area contributed by atoms with E-state index in [9.17, 15) is 13.2 Å². The molecule has 2 rings (SSSR count). The quantitative estimate of drug-likeness (QED) is 0.762. The standard InChI is InChI=1S/C16H15BrN2O3S/c17-14-6-1-12(2-7-14)5-10-16(20)19-11-13-3-8-15(9-4-13)23(18,21)22/h1-10H,11H2,(H,19,20)(H2,18,21,22). The van der Waals surface area contributed by atoms with Crippen LogP contribution in [0.2, 0.25) is 0 Å². The van der Waals surface area contributed by atoms with E-state index in [0.29, 0.717) is 6.54 Å². The van der Waals surface area contributed by atoms with Crippen molar-refractivity contribution in [2.75, 3.05) is 0 Å². The minimum Gasteiger partial charge on any atom is -0.348 e. The Labute approximate surface area is 143 Å². The number of benzene rings is 2. The SMILES string of the molecule is NS(=O)(=O)c1ccc(CNC(=O)C=Cc2ccc(Br)cc2)cc1. The summed E-state index contributed by atoms with van der Waals surface area (Å²) in [6.07, 6.45) is 3.16. The summed E-state index contributed by atoms with van der Waals surface area (Å²) in [7, 11) is -3.70. The highest BCUT2D eigenvalue weighted by Gasteiger charge is 2.06. The lowest BCUT2D eigenvalue weighted by Crippen LogP contribution is -2.20. The number of carbonyl (C=O) groups excluding carboxylic acids is 1. The van der Waals surface area contributed by atoms with Gasteiger partial charge >= 0.3 is 0 Å². The molecule has 7 heteroatoms. The number of amides is 1. The molecular formula is C16H15BrN2O3S. The molecule has 0 aliphatic carbocycles. The molecule has 5 nitrogen and oxygen atoms in total. The highest BCUT2D eigenvalue weighted by atomic mass is 79.9. The molecule has 0 aromatic heterocycles. The van der Waals surface area contributed by atoms with E-state index in [1.807, 2.05) is 24.3 Å². The van der Waals surface area contributed by atoms with Crippen LogP contribution in [0.5, 0.6) is 0 Å². The van der Waals surface area contributed by atoms with Gasteiger partial charge in [0.1, 0.15) is 0 Å². The van der Waals surface area contributed by atoms with Gasteiger partial charge in [-0.1, -0.05) is 40.2 Å². The summed E-state index contributed by atoms with van der Waals surface area (Å²) in [6.45, 7) is 0.300. The zero-order valence-corrected chi connectivity index (χ0v) is 14.5. The molecule has 0 spiro atoms. The molecule has 23 heavy (non-hydrogen) atoms. The van der Waals surface area contributed by atoms with Gasteiger partial charge in [-0.3, -0.25) is 4.79 Å². The van der Waals surface area contributed by atoms with Gasteiger partial charge < -0.3 is 5.32 Å². The Kier molecular flexibility index (Phi) is 5.70. The van der Waals surface area contributed by atoms with Crippen molar-refractivity contribution in [3.63, 3.8) is 0 Å². The van der Waals surface area contributed by atoms with E-state index in [2.05, 4.69) is 21.2 Å². The van der Waals surface area contributed by atoms with E-state index in [0.717, 1.165) is 15.6 Å². The smallest absolute Gasteiger partial charge is 0.244 e. The van der Waals surface area contributed by atoms with Gasteiger partial charge in [0.2, 0.25) is 15.9 Å². The maximum Gasteiger partial charge on any atom is 0.244 e. The van der Waals surface area contributed by atoms with Gasteiger partial charge in [-0.05, 0) is 41.5 Å². The van der Waals surface area contributed by atoms with Gasteiger partial charge in [0.15, 0.2) is 0 Å². The first kappa shape index (κ1) is 17.4. The molecule has 0 atom stereocenters. The maximum absolute atomic E-state index is 11.8. The predicted molar refractivity (Wildman–Crippen MR) is 92.8 cm³/mol. The Hall–Kier alpha value is -1.96. The molecule has 2 aromatic rings. The molecule has 0 aliphatic heterocycles. The zero-order chi connectivity index (χ0) is 16.9. The number of rotatable bonds is 5. The average Bonchev–Trinajstić information content (AvgIpc) is 2.52. The van der Waals surface area contributed by atoms with Gasteiger partial charge in [0, 0.05) is 17.1 Å². The topological polar surface area (TPSA) is 89.3 Å². The Morgan fingerprint density at radius 2 is 1.70 bits per heavy atom. The van der Waals surface area contributed by atoms with Crippen LogP contribution in [-0.4, -0.2) is 14.3 Å². The van der Waals surface area contributed by atoms with Gasteiger partial charge in [-0.2, -0.15) is 0 Å².